The normalized spacial score (nSPS) is 28.6. The van der Waals surface area contributed by atoms with Crippen LogP contribution in [0, 0.1) is 5.92 Å². The average Bonchev–Trinajstić information content (AvgIpc) is 2.44. The van der Waals surface area contributed by atoms with Crippen LogP contribution in [-0.2, 0) is 4.79 Å². The van der Waals surface area contributed by atoms with E-state index in [2.05, 4.69) is 17.3 Å². The van der Waals surface area contributed by atoms with E-state index in [1.807, 2.05) is 0 Å². The third kappa shape index (κ3) is 3.23. The number of rotatable bonds is 3. The van der Waals surface area contributed by atoms with Crippen molar-refractivity contribution in [3.8, 4) is 0 Å². The largest absolute Gasteiger partial charge is 0.480 e. The van der Waals surface area contributed by atoms with Crippen molar-refractivity contribution in [1.82, 2.24) is 15.1 Å². The summed E-state index contributed by atoms with van der Waals surface area (Å²) in [7, 11) is 2.16. The van der Waals surface area contributed by atoms with E-state index in [0.717, 1.165) is 25.9 Å². The Morgan fingerprint density at radius 2 is 2.10 bits per heavy atom. The predicted octanol–water partition coefficient (Wildman–Crippen LogP) is 0.975. The molecule has 6 heteroatoms. The summed E-state index contributed by atoms with van der Waals surface area (Å²) in [4.78, 5) is 27.3. The number of hydrogen-bond donors (Lipinski definition) is 2. The van der Waals surface area contributed by atoms with Crippen LogP contribution in [-0.4, -0.2) is 65.7 Å². The number of piperidine rings is 2. The Balaban J connectivity index is 1.91. The van der Waals surface area contributed by atoms with Crippen molar-refractivity contribution >= 4 is 12.0 Å². The van der Waals surface area contributed by atoms with Gasteiger partial charge < -0.3 is 20.2 Å². The number of likely N-dealkylation sites (tertiary alicyclic amines) is 2. The van der Waals surface area contributed by atoms with Gasteiger partial charge in [0.25, 0.3) is 0 Å². The van der Waals surface area contributed by atoms with Gasteiger partial charge in [0, 0.05) is 19.1 Å². The molecule has 3 unspecified atom stereocenters. The van der Waals surface area contributed by atoms with Crippen molar-refractivity contribution in [3.63, 3.8) is 0 Å². The minimum Gasteiger partial charge on any atom is -0.480 e. The lowest BCUT2D eigenvalue weighted by molar-refractivity contribution is -0.139. The molecule has 0 radical (unpaired) electrons. The smallest absolute Gasteiger partial charge is 0.326 e. The van der Waals surface area contributed by atoms with Gasteiger partial charge in [0.15, 0.2) is 0 Å². The first kappa shape index (κ1) is 15.1. The third-order valence-corrected chi connectivity index (χ3v) is 4.64. The van der Waals surface area contributed by atoms with E-state index in [0.29, 0.717) is 24.9 Å². The first-order valence-electron chi connectivity index (χ1n) is 7.51. The maximum atomic E-state index is 12.2. The van der Waals surface area contributed by atoms with Gasteiger partial charge in [-0.2, -0.15) is 0 Å². The summed E-state index contributed by atoms with van der Waals surface area (Å²) in [6.07, 6.45) is 3.73. The molecule has 114 valence electrons. The summed E-state index contributed by atoms with van der Waals surface area (Å²) in [6, 6.07) is -0.436. The molecule has 2 saturated heterocycles. The quantitative estimate of drug-likeness (QED) is 0.809. The summed E-state index contributed by atoms with van der Waals surface area (Å²) in [5, 5.41) is 11.6. The van der Waals surface area contributed by atoms with Crippen molar-refractivity contribution in [2.45, 2.75) is 44.7 Å². The number of amides is 2. The third-order valence-electron chi connectivity index (χ3n) is 4.64. The number of carbonyl (C=O) groups is 2. The molecule has 0 bridgehead atoms. The molecule has 2 heterocycles. The molecule has 6 nitrogen and oxygen atoms in total. The number of carboxylic acids is 1. The summed E-state index contributed by atoms with van der Waals surface area (Å²) in [6.45, 7) is 4.37. The molecule has 2 aliphatic heterocycles. The zero-order valence-electron chi connectivity index (χ0n) is 12.3. The van der Waals surface area contributed by atoms with Crippen LogP contribution in [0.1, 0.15) is 32.6 Å². The zero-order chi connectivity index (χ0) is 14.7. The molecule has 2 rings (SSSR count). The number of nitrogens with one attached hydrogen (secondary N) is 1. The van der Waals surface area contributed by atoms with Crippen molar-refractivity contribution in [2.75, 3.05) is 26.7 Å². The molecule has 0 saturated carbocycles. The van der Waals surface area contributed by atoms with Crippen LogP contribution in [0.2, 0.25) is 0 Å². The predicted molar refractivity (Wildman–Crippen MR) is 75.6 cm³/mol. The Kier molecular flexibility index (Phi) is 4.86. The van der Waals surface area contributed by atoms with Crippen LogP contribution in [0.4, 0.5) is 4.79 Å². The lowest BCUT2D eigenvalue weighted by Crippen LogP contribution is -2.57. The van der Waals surface area contributed by atoms with Crippen molar-refractivity contribution in [3.05, 3.63) is 0 Å². The highest BCUT2D eigenvalue weighted by atomic mass is 16.4. The number of carboxylic acid groups (broad SMARTS) is 1. The topological polar surface area (TPSA) is 72.9 Å². The molecule has 0 aromatic carbocycles. The number of aliphatic carboxylic acids is 1. The van der Waals surface area contributed by atoms with Gasteiger partial charge in [-0.15, -0.1) is 0 Å². The fraction of sp³-hybridized carbons (Fsp3) is 0.857. The van der Waals surface area contributed by atoms with Crippen molar-refractivity contribution in [2.24, 2.45) is 5.92 Å². The minimum absolute atomic E-state index is 0.231. The number of hydrogen-bond acceptors (Lipinski definition) is 3. The SMILES string of the molecule is CCC(NC(=O)N1CCC2C(CCCN2C)C1)C(=O)O. The standard InChI is InChI=1S/C14H25N3O3/c1-3-11(13(18)19)15-14(20)17-8-6-12-10(9-17)5-4-7-16(12)2/h10-12H,3-9H2,1-2H3,(H,15,20)(H,18,19). The highest BCUT2D eigenvalue weighted by Crippen LogP contribution is 2.29. The van der Waals surface area contributed by atoms with Gasteiger partial charge in [0.2, 0.25) is 0 Å². The van der Waals surface area contributed by atoms with E-state index in [4.69, 9.17) is 5.11 Å². The van der Waals surface area contributed by atoms with Crippen LogP contribution in [0.5, 0.6) is 0 Å². The summed E-state index contributed by atoms with van der Waals surface area (Å²) >= 11 is 0. The van der Waals surface area contributed by atoms with Gasteiger partial charge in [-0.3, -0.25) is 0 Å². The fourth-order valence-corrected chi connectivity index (χ4v) is 3.42. The van der Waals surface area contributed by atoms with Crippen LogP contribution in [0.15, 0.2) is 0 Å². The molecule has 2 aliphatic rings. The molecule has 20 heavy (non-hydrogen) atoms. The van der Waals surface area contributed by atoms with Crippen LogP contribution < -0.4 is 5.32 Å². The molecule has 2 fully saturated rings. The molecular formula is C14H25N3O3. The fourth-order valence-electron chi connectivity index (χ4n) is 3.42. The number of fused-ring (bicyclic) bond motifs is 1. The van der Waals surface area contributed by atoms with Crippen LogP contribution >= 0.6 is 0 Å². The van der Waals surface area contributed by atoms with Crippen LogP contribution in [0.25, 0.3) is 0 Å². The second-order valence-corrected chi connectivity index (χ2v) is 5.93. The lowest BCUT2D eigenvalue weighted by atomic mass is 9.84. The van der Waals surface area contributed by atoms with E-state index < -0.39 is 12.0 Å². The molecule has 2 N–H and O–H groups in total. The number of carbonyl (C=O) groups excluding carboxylic acids is 1. The summed E-state index contributed by atoms with van der Waals surface area (Å²) in [5.41, 5.74) is 0. The Bertz CT molecular complexity index is 375. The Hall–Kier alpha value is -1.30. The average molecular weight is 283 g/mol. The zero-order valence-corrected chi connectivity index (χ0v) is 12.3. The maximum absolute atomic E-state index is 12.2. The van der Waals surface area contributed by atoms with Crippen molar-refractivity contribution < 1.29 is 14.7 Å². The molecule has 0 spiro atoms. The first-order chi connectivity index (χ1) is 9.52. The van der Waals surface area contributed by atoms with Crippen molar-refractivity contribution in [1.29, 1.82) is 0 Å². The van der Waals surface area contributed by atoms with E-state index >= 15 is 0 Å². The van der Waals surface area contributed by atoms with Gasteiger partial charge >= 0.3 is 12.0 Å². The summed E-state index contributed by atoms with van der Waals surface area (Å²) < 4.78 is 0. The Morgan fingerprint density at radius 3 is 2.75 bits per heavy atom. The second-order valence-electron chi connectivity index (χ2n) is 5.93. The van der Waals surface area contributed by atoms with E-state index in [-0.39, 0.29) is 6.03 Å². The van der Waals surface area contributed by atoms with Gasteiger partial charge in [0.1, 0.15) is 6.04 Å². The monoisotopic (exact) mass is 283 g/mol. The van der Waals surface area contributed by atoms with Gasteiger partial charge in [-0.1, -0.05) is 6.92 Å². The van der Waals surface area contributed by atoms with E-state index in [1.54, 1.807) is 11.8 Å². The lowest BCUT2D eigenvalue weighted by Gasteiger charge is -2.46. The number of nitrogens with zero attached hydrogens (tertiary/aromatic N) is 2. The minimum atomic E-state index is -0.965. The Morgan fingerprint density at radius 1 is 1.35 bits per heavy atom. The molecule has 3 atom stereocenters. The molecular weight excluding hydrogens is 258 g/mol. The van der Waals surface area contributed by atoms with Gasteiger partial charge in [-0.05, 0) is 45.2 Å². The molecule has 2 amide bonds. The second kappa shape index (κ2) is 6.43. The maximum Gasteiger partial charge on any atom is 0.326 e. The van der Waals surface area contributed by atoms with Gasteiger partial charge in [0.05, 0.1) is 0 Å². The Labute approximate surface area is 120 Å². The molecule has 0 aliphatic carbocycles. The first-order valence-corrected chi connectivity index (χ1v) is 7.51. The highest BCUT2D eigenvalue weighted by molar-refractivity contribution is 5.82. The van der Waals surface area contributed by atoms with Gasteiger partial charge in [-0.25, -0.2) is 9.59 Å². The number of urea groups is 1. The molecule has 0 aromatic heterocycles. The summed E-state index contributed by atoms with van der Waals surface area (Å²) in [5.74, 6) is -0.439. The van der Waals surface area contributed by atoms with E-state index in [1.165, 1.54) is 6.42 Å². The molecule has 0 aromatic rings. The van der Waals surface area contributed by atoms with Crippen LogP contribution in [0.3, 0.4) is 0 Å². The highest BCUT2D eigenvalue weighted by Gasteiger charge is 2.36. The van der Waals surface area contributed by atoms with E-state index in [9.17, 15) is 9.59 Å².